The van der Waals surface area contributed by atoms with Crippen molar-refractivity contribution in [3.05, 3.63) is 0 Å². The Kier molecular flexibility index (Phi) is 7.04. The van der Waals surface area contributed by atoms with E-state index >= 15 is 0 Å². The van der Waals surface area contributed by atoms with Crippen molar-refractivity contribution >= 4 is 17.7 Å². The molecule has 0 aliphatic carbocycles. The van der Waals surface area contributed by atoms with Crippen molar-refractivity contribution in [2.45, 2.75) is 31.8 Å². The number of carbonyl (C=O) groups is 1. The van der Waals surface area contributed by atoms with Gasteiger partial charge in [0.1, 0.15) is 0 Å². The molecule has 1 unspecified atom stereocenters. The molecule has 0 aromatic rings. The standard InChI is InChI=1S/C13H27N3OS/c1-11(10-18-4)14-12-5-7-16(8-6-12)9-13(17)15(2)3/h11-12,14H,5-10H2,1-4H3. The fraction of sp³-hybridized carbons (Fsp3) is 0.923. The van der Waals surface area contributed by atoms with Crippen molar-refractivity contribution in [1.29, 1.82) is 0 Å². The summed E-state index contributed by atoms with van der Waals surface area (Å²) in [4.78, 5) is 15.6. The lowest BCUT2D eigenvalue weighted by molar-refractivity contribution is -0.130. The third-order valence-electron chi connectivity index (χ3n) is 3.38. The number of hydrogen-bond acceptors (Lipinski definition) is 4. The zero-order chi connectivity index (χ0) is 13.5. The van der Waals surface area contributed by atoms with Crippen LogP contribution in [-0.2, 0) is 4.79 Å². The topological polar surface area (TPSA) is 35.6 Å². The van der Waals surface area contributed by atoms with Gasteiger partial charge in [-0.1, -0.05) is 0 Å². The average molecular weight is 273 g/mol. The molecule has 1 N–H and O–H groups in total. The first kappa shape index (κ1) is 15.8. The highest BCUT2D eigenvalue weighted by molar-refractivity contribution is 7.98. The molecule has 0 aromatic carbocycles. The summed E-state index contributed by atoms with van der Waals surface area (Å²) in [6.07, 6.45) is 4.45. The van der Waals surface area contributed by atoms with Crippen LogP contribution in [-0.4, -0.2) is 73.5 Å². The number of amides is 1. The summed E-state index contributed by atoms with van der Waals surface area (Å²) in [5.41, 5.74) is 0. The molecule has 1 aliphatic rings. The number of likely N-dealkylation sites (tertiary alicyclic amines) is 1. The third-order valence-corrected chi connectivity index (χ3v) is 4.22. The van der Waals surface area contributed by atoms with Crippen LogP contribution in [0, 0.1) is 0 Å². The second kappa shape index (κ2) is 8.02. The Labute approximate surface area is 115 Å². The number of rotatable bonds is 6. The third kappa shape index (κ3) is 5.59. The Balaban J connectivity index is 2.22. The van der Waals surface area contributed by atoms with E-state index in [-0.39, 0.29) is 5.91 Å². The molecule has 1 heterocycles. The van der Waals surface area contributed by atoms with Crippen LogP contribution in [0.3, 0.4) is 0 Å². The van der Waals surface area contributed by atoms with Gasteiger partial charge in [-0.3, -0.25) is 9.69 Å². The van der Waals surface area contributed by atoms with Crippen LogP contribution < -0.4 is 5.32 Å². The molecule has 0 spiro atoms. The summed E-state index contributed by atoms with van der Waals surface area (Å²) in [6, 6.07) is 1.21. The highest BCUT2D eigenvalue weighted by Crippen LogP contribution is 2.11. The minimum atomic E-state index is 0.206. The fourth-order valence-corrected chi connectivity index (χ4v) is 2.89. The van der Waals surface area contributed by atoms with E-state index in [0.717, 1.165) is 25.9 Å². The summed E-state index contributed by atoms with van der Waals surface area (Å²) in [5, 5.41) is 3.67. The van der Waals surface area contributed by atoms with Gasteiger partial charge >= 0.3 is 0 Å². The number of likely N-dealkylation sites (N-methyl/N-ethyl adjacent to an activating group) is 1. The molecular weight excluding hydrogens is 246 g/mol. The highest BCUT2D eigenvalue weighted by Gasteiger charge is 2.21. The van der Waals surface area contributed by atoms with Crippen molar-refractivity contribution < 1.29 is 4.79 Å². The van der Waals surface area contributed by atoms with E-state index < -0.39 is 0 Å². The van der Waals surface area contributed by atoms with E-state index in [1.54, 1.807) is 4.90 Å². The van der Waals surface area contributed by atoms with Crippen LogP contribution in [0.25, 0.3) is 0 Å². The van der Waals surface area contributed by atoms with E-state index in [0.29, 0.717) is 18.6 Å². The Bertz CT molecular complexity index is 253. The lowest BCUT2D eigenvalue weighted by atomic mass is 10.0. The maximum atomic E-state index is 11.6. The zero-order valence-corrected chi connectivity index (χ0v) is 12.9. The van der Waals surface area contributed by atoms with Crippen LogP contribution >= 0.6 is 11.8 Å². The molecule has 1 rings (SSSR count). The van der Waals surface area contributed by atoms with Crippen LogP contribution in [0.5, 0.6) is 0 Å². The van der Waals surface area contributed by atoms with Crippen LogP contribution in [0.4, 0.5) is 0 Å². The zero-order valence-electron chi connectivity index (χ0n) is 12.1. The van der Waals surface area contributed by atoms with Crippen LogP contribution in [0.1, 0.15) is 19.8 Å². The number of nitrogens with zero attached hydrogens (tertiary/aromatic N) is 2. The second-order valence-corrected chi connectivity index (χ2v) is 6.27. The highest BCUT2D eigenvalue weighted by atomic mass is 32.2. The quantitative estimate of drug-likeness (QED) is 0.779. The number of hydrogen-bond donors (Lipinski definition) is 1. The first-order valence-electron chi connectivity index (χ1n) is 6.70. The van der Waals surface area contributed by atoms with Crippen LogP contribution in [0.2, 0.25) is 0 Å². The van der Waals surface area contributed by atoms with Gasteiger partial charge in [-0.05, 0) is 26.0 Å². The number of thioether (sulfide) groups is 1. The Hall–Kier alpha value is -0.260. The summed E-state index contributed by atoms with van der Waals surface area (Å²) < 4.78 is 0. The molecular formula is C13H27N3OS. The Morgan fingerprint density at radius 1 is 1.44 bits per heavy atom. The summed E-state index contributed by atoms with van der Waals surface area (Å²) in [6.45, 7) is 4.88. The molecule has 1 aliphatic heterocycles. The SMILES string of the molecule is CSCC(C)NC1CCN(CC(=O)N(C)C)CC1. The molecule has 0 aromatic heterocycles. The predicted molar refractivity (Wildman–Crippen MR) is 79.1 cm³/mol. The van der Waals surface area contributed by atoms with Gasteiger partial charge in [0, 0.05) is 45.0 Å². The predicted octanol–water partition coefficient (Wildman–Crippen LogP) is 0.880. The maximum Gasteiger partial charge on any atom is 0.236 e. The van der Waals surface area contributed by atoms with Crippen molar-refractivity contribution in [1.82, 2.24) is 15.1 Å². The van der Waals surface area contributed by atoms with Crippen molar-refractivity contribution in [3.63, 3.8) is 0 Å². The number of carbonyl (C=O) groups excluding carboxylic acids is 1. The molecule has 106 valence electrons. The van der Waals surface area contributed by atoms with Crippen molar-refractivity contribution in [3.8, 4) is 0 Å². The summed E-state index contributed by atoms with van der Waals surface area (Å²) >= 11 is 1.89. The first-order valence-corrected chi connectivity index (χ1v) is 8.09. The number of nitrogens with one attached hydrogen (secondary N) is 1. The molecule has 18 heavy (non-hydrogen) atoms. The molecule has 0 radical (unpaired) electrons. The lowest BCUT2D eigenvalue weighted by Crippen LogP contribution is -2.48. The van der Waals surface area contributed by atoms with Crippen molar-refractivity contribution in [2.24, 2.45) is 0 Å². The van der Waals surface area contributed by atoms with Gasteiger partial charge in [0.15, 0.2) is 0 Å². The molecule has 0 saturated carbocycles. The monoisotopic (exact) mass is 273 g/mol. The lowest BCUT2D eigenvalue weighted by Gasteiger charge is -2.33. The molecule has 0 bridgehead atoms. The summed E-state index contributed by atoms with van der Waals surface area (Å²) in [5.74, 6) is 1.37. The maximum absolute atomic E-state index is 11.6. The van der Waals surface area contributed by atoms with E-state index in [1.807, 2.05) is 25.9 Å². The second-order valence-electron chi connectivity index (χ2n) is 5.36. The first-order chi connectivity index (χ1) is 8.52. The van der Waals surface area contributed by atoms with E-state index in [4.69, 9.17) is 0 Å². The molecule has 5 heteroatoms. The van der Waals surface area contributed by atoms with Gasteiger partial charge in [-0.2, -0.15) is 11.8 Å². The average Bonchev–Trinajstić information content (AvgIpc) is 2.31. The van der Waals surface area contributed by atoms with E-state index in [1.165, 1.54) is 5.75 Å². The Morgan fingerprint density at radius 2 is 2.06 bits per heavy atom. The van der Waals surface area contributed by atoms with Gasteiger partial charge in [-0.15, -0.1) is 0 Å². The van der Waals surface area contributed by atoms with Crippen molar-refractivity contribution in [2.75, 3.05) is 45.7 Å². The molecule has 4 nitrogen and oxygen atoms in total. The molecule has 1 amide bonds. The minimum Gasteiger partial charge on any atom is -0.348 e. The van der Waals surface area contributed by atoms with Gasteiger partial charge < -0.3 is 10.2 Å². The largest absolute Gasteiger partial charge is 0.348 e. The van der Waals surface area contributed by atoms with E-state index in [9.17, 15) is 4.79 Å². The van der Waals surface area contributed by atoms with Gasteiger partial charge in [0.2, 0.25) is 5.91 Å². The van der Waals surface area contributed by atoms with Gasteiger partial charge in [0.05, 0.1) is 6.54 Å². The fourth-order valence-electron chi connectivity index (χ4n) is 2.29. The smallest absolute Gasteiger partial charge is 0.236 e. The van der Waals surface area contributed by atoms with E-state index in [2.05, 4.69) is 23.4 Å². The summed E-state index contributed by atoms with van der Waals surface area (Å²) in [7, 11) is 3.64. The normalized spacial score (nSPS) is 19.8. The Morgan fingerprint density at radius 3 is 2.56 bits per heavy atom. The molecule has 1 fully saturated rings. The van der Waals surface area contributed by atoms with Crippen LogP contribution in [0.15, 0.2) is 0 Å². The molecule has 1 atom stereocenters. The molecule has 1 saturated heterocycles. The van der Waals surface area contributed by atoms with Gasteiger partial charge in [-0.25, -0.2) is 0 Å². The van der Waals surface area contributed by atoms with Gasteiger partial charge in [0.25, 0.3) is 0 Å². The number of piperidine rings is 1. The minimum absolute atomic E-state index is 0.206.